The molecule has 0 aliphatic rings. The van der Waals surface area contributed by atoms with Crippen LogP contribution in [0.25, 0.3) is 0 Å². The van der Waals surface area contributed by atoms with Gasteiger partial charge in [0.2, 0.25) is 0 Å². The van der Waals surface area contributed by atoms with Gasteiger partial charge >= 0.3 is 5.97 Å². The third-order valence-corrected chi connectivity index (χ3v) is 4.83. The molecule has 5 nitrogen and oxygen atoms in total. The van der Waals surface area contributed by atoms with Crippen LogP contribution in [-0.2, 0) is 20.3 Å². The Kier molecular flexibility index (Phi) is 6.69. The predicted molar refractivity (Wildman–Crippen MR) is 92.0 cm³/mol. The quantitative estimate of drug-likeness (QED) is 0.781. The highest BCUT2D eigenvalue weighted by atomic mass is 32.2. The predicted octanol–water partition coefficient (Wildman–Crippen LogP) is 2.16. The Bertz CT molecular complexity index is 703. The molecule has 0 unspecified atom stereocenters. The minimum atomic E-state index is -1.24. The van der Waals surface area contributed by atoms with Crippen LogP contribution in [0.15, 0.2) is 65.6 Å². The number of carbonyl (C=O) groups excluding carboxylic acids is 2. The molecule has 0 fully saturated rings. The van der Waals surface area contributed by atoms with Gasteiger partial charge in [-0.25, -0.2) is 4.79 Å². The Morgan fingerprint density at radius 2 is 1.62 bits per heavy atom. The molecule has 2 aromatic carbocycles. The van der Waals surface area contributed by atoms with Crippen LogP contribution in [0.4, 0.5) is 0 Å². The summed E-state index contributed by atoms with van der Waals surface area (Å²) >= 11 is 0. The second-order valence-electron chi connectivity index (χ2n) is 5.07. The summed E-state index contributed by atoms with van der Waals surface area (Å²) in [6.07, 6.45) is 0.229. The van der Waals surface area contributed by atoms with Crippen LogP contribution in [0.1, 0.15) is 16.8 Å². The van der Waals surface area contributed by atoms with Crippen LogP contribution in [-0.4, -0.2) is 35.0 Å². The molecule has 2 aromatic rings. The first-order valence-electron chi connectivity index (χ1n) is 7.49. The van der Waals surface area contributed by atoms with Gasteiger partial charge in [-0.15, -0.1) is 0 Å². The van der Waals surface area contributed by atoms with Crippen molar-refractivity contribution in [1.29, 1.82) is 0 Å². The first kappa shape index (κ1) is 17.9. The zero-order chi connectivity index (χ0) is 17.4. The van der Waals surface area contributed by atoms with Gasteiger partial charge in [-0.2, -0.15) is 0 Å². The summed E-state index contributed by atoms with van der Waals surface area (Å²) in [6.45, 7) is 0. The molecule has 0 saturated carbocycles. The Labute approximate surface area is 143 Å². The molecule has 1 amide bonds. The van der Waals surface area contributed by atoms with E-state index in [0.29, 0.717) is 10.5 Å². The fourth-order valence-electron chi connectivity index (χ4n) is 2.14. The van der Waals surface area contributed by atoms with Crippen molar-refractivity contribution < 1.29 is 18.5 Å². The lowest BCUT2D eigenvalue weighted by atomic mass is 10.1. The van der Waals surface area contributed by atoms with Gasteiger partial charge < -0.3 is 10.1 Å². The molecule has 0 aliphatic carbocycles. The lowest BCUT2D eigenvalue weighted by Gasteiger charge is -2.16. The minimum Gasteiger partial charge on any atom is -0.467 e. The number of hydrogen-bond acceptors (Lipinski definition) is 4. The van der Waals surface area contributed by atoms with Gasteiger partial charge in [0.05, 0.1) is 17.9 Å². The zero-order valence-electron chi connectivity index (χ0n) is 13.3. The average molecular weight is 345 g/mol. The van der Waals surface area contributed by atoms with Crippen molar-refractivity contribution in [2.24, 2.45) is 0 Å². The maximum absolute atomic E-state index is 12.3. The number of amides is 1. The second kappa shape index (κ2) is 8.98. The number of nitrogens with one attached hydrogen (secondary N) is 1. The number of rotatable bonds is 7. The summed E-state index contributed by atoms with van der Waals surface area (Å²) in [4.78, 5) is 24.8. The van der Waals surface area contributed by atoms with Gasteiger partial charge in [-0.1, -0.05) is 36.4 Å². The molecule has 2 atom stereocenters. The molecule has 0 heterocycles. The van der Waals surface area contributed by atoms with E-state index >= 15 is 0 Å². The van der Waals surface area contributed by atoms with Crippen molar-refractivity contribution in [1.82, 2.24) is 5.32 Å². The van der Waals surface area contributed by atoms with E-state index in [4.69, 9.17) is 4.74 Å². The lowest BCUT2D eigenvalue weighted by molar-refractivity contribution is -0.142. The van der Waals surface area contributed by atoms with E-state index in [1.807, 2.05) is 18.2 Å². The SMILES string of the molecule is COC(=O)[C@H](CC[S@@](=O)c1ccccc1)NC(=O)c1ccccc1. The number of hydrogen-bond donors (Lipinski definition) is 1. The van der Waals surface area contributed by atoms with Crippen molar-refractivity contribution >= 4 is 22.7 Å². The van der Waals surface area contributed by atoms with E-state index < -0.39 is 22.8 Å². The van der Waals surface area contributed by atoms with Gasteiger partial charge in [-0.05, 0) is 30.7 Å². The lowest BCUT2D eigenvalue weighted by Crippen LogP contribution is -2.42. The maximum atomic E-state index is 12.3. The molecule has 0 spiro atoms. The molecule has 6 heteroatoms. The van der Waals surface area contributed by atoms with Crippen molar-refractivity contribution in [3.8, 4) is 0 Å². The number of carbonyl (C=O) groups is 2. The van der Waals surface area contributed by atoms with Crippen LogP contribution in [0.2, 0.25) is 0 Å². The van der Waals surface area contributed by atoms with Crippen molar-refractivity contribution in [2.45, 2.75) is 17.4 Å². The highest BCUT2D eigenvalue weighted by Crippen LogP contribution is 2.09. The molecular formula is C18H19NO4S. The molecule has 0 saturated heterocycles. The van der Waals surface area contributed by atoms with E-state index in [1.54, 1.807) is 42.5 Å². The molecule has 0 aliphatic heterocycles. The molecule has 126 valence electrons. The smallest absolute Gasteiger partial charge is 0.328 e. The Balaban J connectivity index is 2.00. The normalized spacial score (nSPS) is 12.9. The molecule has 2 rings (SSSR count). The number of benzene rings is 2. The molecule has 0 bridgehead atoms. The van der Waals surface area contributed by atoms with Crippen molar-refractivity contribution in [2.75, 3.05) is 12.9 Å². The van der Waals surface area contributed by atoms with Gasteiger partial charge in [0.25, 0.3) is 5.91 Å². The fraction of sp³-hybridized carbons (Fsp3) is 0.222. The fourth-order valence-corrected chi connectivity index (χ4v) is 3.28. The Morgan fingerprint density at radius 1 is 1.04 bits per heavy atom. The number of esters is 1. The molecular weight excluding hydrogens is 326 g/mol. The van der Waals surface area contributed by atoms with E-state index in [2.05, 4.69) is 5.32 Å². The summed E-state index contributed by atoms with van der Waals surface area (Å²) in [6, 6.07) is 16.8. The van der Waals surface area contributed by atoms with E-state index in [9.17, 15) is 13.8 Å². The second-order valence-corrected chi connectivity index (χ2v) is 6.64. The summed E-state index contributed by atoms with van der Waals surface area (Å²) in [5.74, 6) is -0.667. The zero-order valence-corrected chi connectivity index (χ0v) is 14.1. The molecule has 0 radical (unpaired) electrons. The van der Waals surface area contributed by atoms with Crippen LogP contribution in [0.5, 0.6) is 0 Å². The summed E-state index contributed by atoms with van der Waals surface area (Å²) in [5.41, 5.74) is 0.454. The van der Waals surface area contributed by atoms with Crippen LogP contribution < -0.4 is 5.32 Å². The third-order valence-electron chi connectivity index (χ3n) is 3.43. The van der Waals surface area contributed by atoms with Gasteiger partial charge in [0.1, 0.15) is 6.04 Å². The Morgan fingerprint density at radius 3 is 2.21 bits per heavy atom. The minimum absolute atomic E-state index is 0.229. The summed E-state index contributed by atoms with van der Waals surface area (Å²) in [5, 5.41) is 2.64. The number of ether oxygens (including phenoxy) is 1. The average Bonchev–Trinajstić information content (AvgIpc) is 2.65. The van der Waals surface area contributed by atoms with Gasteiger partial charge in [0, 0.05) is 16.2 Å². The monoisotopic (exact) mass is 345 g/mol. The van der Waals surface area contributed by atoms with E-state index in [-0.39, 0.29) is 18.1 Å². The van der Waals surface area contributed by atoms with E-state index in [1.165, 1.54) is 7.11 Å². The first-order valence-corrected chi connectivity index (χ1v) is 8.81. The molecule has 1 N–H and O–H groups in total. The van der Waals surface area contributed by atoms with Crippen molar-refractivity contribution in [3.05, 3.63) is 66.2 Å². The maximum Gasteiger partial charge on any atom is 0.328 e. The highest BCUT2D eigenvalue weighted by Gasteiger charge is 2.23. The molecule has 0 aromatic heterocycles. The molecule has 24 heavy (non-hydrogen) atoms. The van der Waals surface area contributed by atoms with Crippen molar-refractivity contribution in [3.63, 3.8) is 0 Å². The number of methoxy groups -OCH3 is 1. The van der Waals surface area contributed by atoms with Crippen LogP contribution in [0, 0.1) is 0 Å². The largest absolute Gasteiger partial charge is 0.467 e. The highest BCUT2D eigenvalue weighted by molar-refractivity contribution is 7.85. The third kappa shape index (κ3) is 5.03. The van der Waals surface area contributed by atoms with Crippen LogP contribution in [0.3, 0.4) is 0 Å². The van der Waals surface area contributed by atoms with Gasteiger partial charge in [0.15, 0.2) is 0 Å². The van der Waals surface area contributed by atoms with Crippen LogP contribution >= 0.6 is 0 Å². The van der Waals surface area contributed by atoms with Gasteiger partial charge in [-0.3, -0.25) is 9.00 Å². The summed E-state index contributed by atoms with van der Waals surface area (Å²) < 4.78 is 17.0. The Hall–Kier alpha value is -2.47. The topological polar surface area (TPSA) is 72.5 Å². The van der Waals surface area contributed by atoms with E-state index in [0.717, 1.165) is 0 Å². The summed E-state index contributed by atoms with van der Waals surface area (Å²) in [7, 11) is 0.0212. The first-order chi connectivity index (χ1) is 11.6. The standard InChI is InChI=1S/C18H19NO4S/c1-23-18(21)16(19-17(20)14-8-4-2-5-9-14)12-13-24(22)15-10-6-3-7-11-15/h2-11,16H,12-13H2,1H3,(H,19,20)/t16-,24+/m0/s1.